The normalized spacial score (nSPS) is 12.6. The third kappa shape index (κ3) is 5.84. The molecule has 0 saturated heterocycles. The van der Waals surface area contributed by atoms with Gasteiger partial charge in [-0.25, -0.2) is 8.78 Å². The number of nitrogens with one attached hydrogen (secondary N) is 1. The van der Waals surface area contributed by atoms with Gasteiger partial charge in [-0.3, -0.25) is 0 Å². The highest BCUT2D eigenvalue weighted by atomic mass is 19.1. The van der Waals surface area contributed by atoms with Gasteiger partial charge in [0.2, 0.25) is 0 Å². The monoisotopic (exact) mass is 287 g/mol. The van der Waals surface area contributed by atoms with E-state index in [1.807, 2.05) is 20.8 Å². The van der Waals surface area contributed by atoms with Crippen LogP contribution in [0.25, 0.3) is 0 Å². The molecule has 114 valence electrons. The summed E-state index contributed by atoms with van der Waals surface area (Å²) < 4.78 is 32.7. The number of rotatable bonds is 5. The van der Waals surface area contributed by atoms with Gasteiger partial charge < -0.3 is 15.2 Å². The summed E-state index contributed by atoms with van der Waals surface area (Å²) >= 11 is 0. The maximum Gasteiger partial charge on any atom is 0.190 e. The van der Waals surface area contributed by atoms with E-state index < -0.39 is 23.0 Å². The van der Waals surface area contributed by atoms with E-state index in [9.17, 15) is 13.9 Å². The molecule has 0 aromatic heterocycles. The first kappa shape index (κ1) is 16.9. The van der Waals surface area contributed by atoms with Crippen molar-refractivity contribution >= 4 is 0 Å². The van der Waals surface area contributed by atoms with Gasteiger partial charge in [-0.15, -0.1) is 0 Å². The summed E-state index contributed by atoms with van der Waals surface area (Å²) in [6.07, 6.45) is 0. The third-order valence-corrected chi connectivity index (χ3v) is 2.45. The van der Waals surface area contributed by atoms with Crippen LogP contribution in [0.1, 0.15) is 40.2 Å². The molecule has 0 atom stereocenters. The van der Waals surface area contributed by atoms with Crippen LogP contribution in [0.4, 0.5) is 8.78 Å². The molecule has 0 unspecified atom stereocenters. The number of hydrogen-bond donors (Lipinski definition) is 2. The zero-order valence-electron chi connectivity index (χ0n) is 12.7. The summed E-state index contributed by atoms with van der Waals surface area (Å²) in [5.41, 5.74) is -0.778. The lowest BCUT2D eigenvalue weighted by Gasteiger charge is -2.21. The van der Waals surface area contributed by atoms with Crippen molar-refractivity contribution in [3.63, 3.8) is 0 Å². The minimum absolute atomic E-state index is 0.136. The van der Waals surface area contributed by atoms with Gasteiger partial charge >= 0.3 is 0 Å². The van der Waals surface area contributed by atoms with Crippen molar-refractivity contribution in [2.45, 2.75) is 52.3 Å². The number of hydrogen-bond acceptors (Lipinski definition) is 3. The Morgan fingerprint density at radius 3 is 2.00 bits per heavy atom. The lowest BCUT2D eigenvalue weighted by Crippen LogP contribution is -2.35. The molecule has 0 aliphatic rings. The number of aliphatic hydroxyl groups is 1. The molecule has 5 heteroatoms. The fourth-order valence-corrected chi connectivity index (χ4v) is 1.47. The van der Waals surface area contributed by atoms with Crippen LogP contribution in [0.5, 0.6) is 5.75 Å². The first-order valence-electron chi connectivity index (χ1n) is 6.56. The van der Waals surface area contributed by atoms with E-state index in [1.165, 1.54) is 26.0 Å². The van der Waals surface area contributed by atoms with Crippen molar-refractivity contribution in [2.24, 2.45) is 0 Å². The van der Waals surface area contributed by atoms with Crippen LogP contribution in [0.15, 0.2) is 12.1 Å². The zero-order valence-corrected chi connectivity index (χ0v) is 12.7. The molecule has 0 aliphatic carbocycles. The van der Waals surface area contributed by atoms with Crippen molar-refractivity contribution in [3.8, 4) is 5.75 Å². The molecule has 0 aliphatic heterocycles. The van der Waals surface area contributed by atoms with E-state index >= 15 is 0 Å². The highest BCUT2D eigenvalue weighted by Crippen LogP contribution is 2.24. The van der Waals surface area contributed by atoms with Gasteiger partial charge in [0.25, 0.3) is 0 Å². The van der Waals surface area contributed by atoms with Crippen LogP contribution >= 0.6 is 0 Å². The van der Waals surface area contributed by atoms with Crippen LogP contribution in [-0.2, 0) is 6.54 Å². The number of ether oxygens (including phenoxy) is 1. The Hall–Kier alpha value is -1.20. The summed E-state index contributed by atoms with van der Waals surface area (Å²) in [4.78, 5) is 0. The Bertz CT molecular complexity index is 439. The SMILES string of the molecule is CC(C)(O)COc1c(F)cc(CNC(C)(C)C)cc1F. The molecular weight excluding hydrogens is 264 g/mol. The number of benzene rings is 1. The van der Waals surface area contributed by atoms with Crippen LogP contribution in [0, 0.1) is 11.6 Å². The van der Waals surface area contributed by atoms with Crippen LogP contribution < -0.4 is 10.1 Å². The molecule has 0 fully saturated rings. The lowest BCUT2D eigenvalue weighted by molar-refractivity contribution is 0.0257. The van der Waals surface area contributed by atoms with E-state index in [4.69, 9.17) is 4.74 Å². The van der Waals surface area contributed by atoms with Gasteiger partial charge in [-0.1, -0.05) is 0 Å². The van der Waals surface area contributed by atoms with Gasteiger partial charge in [0.05, 0.1) is 5.60 Å². The highest BCUT2D eigenvalue weighted by Gasteiger charge is 2.19. The van der Waals surface area contributed by atoms with Crippen LogP contribution in [0.2, 0.25) is 0 Å². The van der Waals surface area contributed by atoms with Crippen molar-refractivity contribution in [2.75, 3.05) is 6.61 Å². The van der Waals surface area contributed by atoms with Crippen molar-refractivity contribution in [1.29, 1.82) is 0 Å². The van der Waals surface area contributed by atoms with E-state index in [2.05, 4.69) is 5.32 Å². The van der Waals surface area contributed by atoms with Gasteiger partial charge in [0, 0.05) is 12.1 Å². The van der Waals surface area contributed by atoms with E-state index in [-0.39, 0.29) is 12.1 Å². The van der Waals surface area contributed by atoms with Crippen LogP contribution in [0.3, 0.4) is 0 Å². The van der Waals surface area contributed by atoms with E-state index in [0.29, 0.717) is 12.1 Å². The average molecular weight is 287 g/mol. The summed E-state index contributed by atoms with van der Waals surface area (Å²) in [6.45, 7) is 9.11. The second-order valence-corrected chi connectivity index (χ2v) is 6.59. The Kier molecular flexibility index (Phi) is 5.10. The maximum absolute atomic E-state index is 13.8. The quantitative estimate of drug-likeness (QED) is 0.874. The van der Waals surface area contributed by atoms with Crippen molar-refractivity contribution < 1.29 is 18.6 Å². The molecule has 0 radical (unpaired) electrons. The largest absolute Gasteiger partial charge is 0.485 e. The fourth-order valence-electron chi connectivity index (χ4n) is 1.47. The van der Waals surface area contributed by atoms with Crippen molar-refractivity contribution in [1.82, 2.24) is 5.32 Å². The van der Waals surface area contributed by atoms with Gasteiger partial charge in [-0.05, 0) is 52.3 Å². The standard InChI is InChI=1S/C15H23F2NO2/c1-14(2,3)18-8-10-6-11(16)13(12(17)7-10)20-9-15(4,5)19/h6-7,18-19H,8-9H2,1-5H3. The van der Waals surface area contributed by atoms with Crippen LogP contribution in [-0.4, -0.2) is 22.9 Å². The van der Waals surface area contributed by atoms with Crippen molar-refractivity contribution in [3.05, 3.63) is 29.3 Å². The Balaban J connectivity index is 2.81. The molecule has 0 amide bonds. The third-order valence-electron chi connectivity index (χ3n) is 2.45. The molecule has 1 aromatic rings. The first-order valence-corrected chi connectivity index (χ1v) is 6.56. The van der Waals surface area contributed by atoms with Gasteiger partial charge in [-0.2, -0.15) is 0 Å². The maximum atomic E-state index is 13.8. The molecule has 0 saturated carbocycles. The Morgan fingerprint density at radius 2 is 1.60 bits per heavy atom. The summed E-state index contributed by atoms with van der Waals surface area (Å²) in [5.74, 6) is -1.98. The second-order valence-electron chi connectivity index (χ2n) is 6.59. The topological polar surface area (TPSA) is 41.5 Å². The molecular formula is C15H23F2NO2. The van der Waals surface area contributed by atoms with E-state index in [0.717, 1.165) is 0 Å². The fraction of sp³-hybridized carbons (Fsp3) is 0.600. The molecule has 20 heavy (non-hydrogen) atoms. The molecule has 0 spiro atoms. The smallest absolute Gasteiger partial charge is 0.190 e. The van der Waals surface area contributed by atoms with Gasteiger partial charge in [0.1, 0.15) is 6.61 Å². The molecule has 1 aromatic carbocycles. The molecule has 3 nitrogen and oxygen atoms in total. The average Bonchev–Trinajstić information content (AvgIpc) is 2.22. The minimum Gasteiger partial charge on any atom is -0.485 e. The predicted octanol–water partition coefficient (Wildman–Crippen LogP) is 3.00. The van der Waals surface area contributed by atoms with E-state index in [1.54, 1.807) is 0 Å². The molecule has 0 bridgehead atoms. The summed E-state index contributed by atoms with van der Waals surface area (Å²) in [7, 11) is 0. The predicted molar refractivity (Wildman–Crippen MR) is 74.7 cm³/mol. The first-order chi connectivity index (χ1) is 8.98. The summed E-state index contributed by atoms with van der Waals surface area (Å²) in [6, 6.07) is 2.48. The Labute approximate surface area is 119 Å². The molecule has 0 heterocycles. The molecule has 1 rings (SSSR count). The van der Waals surface area contributed by atoms with Gasteiger partial charge in [0.15, 0.2) is 17.4 Å². The Morgan fingerprint density at radius 1 is 1.10 bits per heavy atom. The highest BCUT2D eigenvalue weighted by molar-refractivity contribution is 5.31. The summed E-state index contributed by atoms with van der Waals surface area (Å²) in [5, 5.41) is 12.7. The molecule has 2 N–H and O–H groups in total. The number of halogens is 2. The second kappa shape index (κ2) is 6.06. The zero-order chi connectivity index (χ0) is 15.6. The lowest BCUT2D eigenvalue weighted by atomic mass is 10.1. The minimum atomic E-state index is -1.15.